The van der Waals surface area contributed by atoms with Gasteiger partial charge in [0.15, 0.2) is 5.13 Å². The smallest absolute Gasteiger partial charge is 0.284 e. The number of ether oxygens (including phenoxy) is 1. The topological polar surface area (TPSA) is 131 Å². The lowest BCUT2D eigenvalue weighted by atomic mass is 10.1. The third-order valence-corrected chi connectivity index (χ3v) is 5.50. The molecule has 1 N–H and O–H groups in total. The Morgan fingerprint density at radius 2 is 2.03 bits per heavy atom. The standard InChI is InChI=1S/C24H16N4O5S/c1-32-17-7-9-19(21(12-17)28(30)31)22-10-8-18(33-22)11-16(13-25)23(29)27-24-26-20(14-34-24)15-5-3-2-4-6-15/h2-12,14H,1H3,(H,26,27,29)/b16-11-. The van der Waals surface area contributed by atoms with Gasteiger partial charge >= 0.3 is 0 Å². The minimum Gasteiger partial charge on any atom is -0.497 e. The van der Waals surface area contributed by atoms with Crippen molar-refractivity contribution in [3.05, 3.63) is 87.5 Å². The van der Waals surface area contributed by atoms with Gasteiger partial charge in [-0.15, -0.1) is 11.3 Å². The molecule has 0 spiro atoms. The normalized spacial score (nSPS) is 11.0. The number of nitro benzene ring substituents is 1. The Morgan fingerprint density at radius 3 is 2.74 bits per heavy atom. The maximum absolute atomic E-state index is 12.6. The van der Waals surface area contributed by atoms with E-state index in [1.54, 1.807) is 11.4 Å². The van der Waals surface area contributed by atoms with Gasteiger partial charge in [0.25, 0.3) is 11.6 Å². The lowest BCUT2D eigenvalue weighted by Crippen LogP contribution is -2.13. The van der Waals surface area contributed by atoms with Crippen LogP contribution in [0.2, 0.25) is 0 Å². The summed E-state index contributed by atoms with van der Waals surface area (Å²) in [5.41, 5.74) is 1.46. The fourth-order valence-electron chi connectivity index (χ4n) is 3.10. The zero-order valence-corrected chi connectivity index (χ0v) is 18.5. The van der Waals surface area contributed by atoms with Crippen molar-refractivity contribution in [1.29, 1.82) is 5.26 Å². The molecule has 1 amide bonds. The predicted octanol–water partition coefficient (Wildman–Crippen LogP) is 5.53. The molecular weight excluding hydrogens is 456 g/mol. The number of nitrogens with zero attached hydrogens (tertiary/aromatic N) is 3. The summed E-state index contributed by atoms with van der Waals surface area (Å²) in [7, 11) is 1.41. The number of furan rings is 1. The summed E-state index contributed by atoms with van der Waals surface area (Å²) in [6, 6.07) is 18.8. The van der Waals surface area contributed by atoms with Crippen molar-refractivity contribution in [3.8, 4) is 34.4 Å². The highest BCUT2D eigenvalue weighted by Crippen LogP contribution is 2.34. The molecule has 9 nitrogen and oxygen atoms in total. The summed E-state index contributed by atoms with van der Waals surface area (Å²) in [6.07, 6.45) is 1.26. The van der Waals surface area contributed by atoms with Crippen LogP contribution in [0.3, 0.4) is 0 Å². The number of nitro groups is 1. The molecule has 0 unspecified atom stereocenters. The van der Waals surface area contributed by atoms with Crippen molar-refractivity contribution in [2.75, 3.05) is 12.4 Å². The monoisotopic (exact) mass is 472 g/mol. The van der Waals surface area contributed by atoms with Gasteiger partial charge in [0, 0.05) is 17.0 Å². The first kappa shape index (κ1) is 22.4. The summed E-state index contributed by atoms with van der Waals surface area (Å²) < 4.78 is 10.7. The van der Waals surface area contributed by atoms with Gasteiger partial charge in [0.1, 0.15) is 28.9 Å². The molecule has 2 heterocycles. The lowest BCUT2D eigenvalue weighted by molar-refractivity contribution is -0.384. The SMILES string of the molecule is COc1ccc(-c2ccc(/C=C(/C#N)C(=O)Nc3nc(-c4ccccc4)cs3)o2)c([N+](=O)[O-])c1. The fraction of sp³-hybridized carbons (Fsp3) is 0.0417. The number of anilines is 1. The second-order valence-electron chi connectivity index (χ2n) is 6.87. The van der Waals surface area contributed by atoms with E-state index in [0.29, 0.717) is 16.6 Å². The number of benzene rings is 2. The van der Waals surface area contributed by atoms with Crippen molar-refractivity contribution in [3.63, 3.8) is 0 Å². The van der Waals surface area contributed by atoms with Gasteiger partial charge in [-0.25, -0.2) is 4.98 Å². The van der Waals surface area contributed by atoms with Crippen LogP contribution in [-0.4, -0.2) is 22.9 Å². The first-order valence-electron chi connectivity index (χ1n) is 9.85. The summed E-state index contributed by atoms with van der Waals surface area (Å²) in [6.45, 7) is 0. The quantitative estimate of drug-likeness (QED) is 0.162. The Kier molecular flexibility index (Phi) is 6.47. The van der Waals surface area contributed by atoms with E-state index in [9.17, 15) is 20.2 Å². The molecule has 10 heteroatoms. The van der Waals surface area contributed by atoms with Crippen molar-refractivity contribution in [1.82, 2.24) is 4.98 Å². The molecule has 2 aromatic heterocycles. The molecule has 168 valence electrons. The Morgan fingerprint density at radius 1 is 1.24 bits per heavy atom. The van der Waals surface area contributed by atoms with Crippen molar-refractivity contribution in [2.24, 2.45) is 0 Å². The molecular formula is C24H16N4O5S. The first-order valence-corrected chi connectivity index (χ1v) is 10.7. The van der Waals surface area contributed by atoms with Gasteiger partial charge in [-0.2, -0.15) is 5.26 Å². The largest absolute Gasteiger partial charge is 0.497 e. The lowest BCUT2D eigenvalue weighted by Gasteiger charge is -2.03. The van der Waals surface area contributed by atoms with Crippen LogP contribution in [0.5, 0.6) is 5.75 Å². The van der Waals surface area contributed by atoms with Gasteiger partial charge in [-0.3, -0.25) is 20.2 Å². The van der Waals surface area contributed by atoms with E-state index in [0.717, 1.165) is 5.56 Å². The molecule has 0 aliphatic heterocycles. The molecule has 0 fully saturated rings. The van der Waals surface area contributed by atoms with Crippen LogP contribution in [0.1, 0.15) is 5.76 Å². The first-order chi connectivity index (χ1) is 16.5. The molecule has 0 saturated heterocycles. The highest BCUT2D eigenvalue weighted by molar-refractivity contribution is 7.14. The summed E-state index contributed by atoms with van der Waals surface area (Å²) in [5, 5.41) is 25.7. The highest BCUT2D eigenvalue weighted by Gasteiger charge is 2.20. The van der Waals surface area contributed by atoms with Crippen molar-refractivity contribution >= 4 is 34.1 Å². The number of nitrogens with one attached hydrogen (secondary N) is 1. The van der Waals surface area contributed by atoms with Gasteiger partial charge < -0.3 is 9.15 Å². The molecule has 0 bridgehead atoms. The van der Waals surface area contributed by atoms with E-state index in [-0.39, 0.29) is 28.3 Å². The van der Waals surface area contributed by atoms with Gasteiger partial charge in [-0.05, 0) is 24.3 Å². The molecule has 0 aliphatic rings. The van der Waals surface area contributed by atoms with E-state index < -0.39 is 10.8 Å². The number of rotatable bonds is 7. The zero-order valence-electron chi connectivity index (χ0n) is 17.7. The average molecular weight is 472 g/mol. The Labute approximate surface area is 197 Å². The number of carbonyl (C=O) groups excluding carboxylic acids is 1. The molecule has 0 atom stereocenters. The van der Waals surface area contributed by atoms with Crippen LogP contribution in [0.25, 0.3) is 28.7 Å². The van der Waals surface area contributed by atoms with Crippen LogP contribution < -0.4 is 10.1 Å². The van der Waals surface area contributed by atoms with Crippen molar-refractivity contribution in [2.45, 2.75) is 0 Å². The third kappa shape index (κ3) is 4.85. The summed E-state index contributed by atoms with van der Waals surface area (Å²) in [4.78, 5) is 27.9. The molecule has 0 radical (unpaired) electrons. The number of thiazole rings is 1. The molecule has 34 heavy (non-hydrogen) atoms. The Balaban J connectivity index is 1.54. The number of amides is 1. The van der Waals surface area contributed by atoms with E-state index in [1.807, 2.05) is 36.4 Å². The van der Waals surface area contributed by atoms with Crippen molar-refractivity contribution < 1.29 is 18.9 Å². The second kappa shape index (κ2) is 9.81. The third-order valence-electron chi connectivity index (χ3n) is 4.74. The fourth-order valence-corrected chi connectivity index (χ4v) is 3.82. The zero-order chi connectivity index (χ0) is 24.1. The van der Waals surface area contributed by atoms with E-state index >= 15 is 0 Å². The van der Waals surface area contributed by atoms with Crippen LogP contribution >= 0.6 is 11.3 Å². The van der Waals surface area contributed by atoms with E-state index in [4.69, 9.17) is 9.15 Å². The van der Waals surface area contributed by atoms with Gasteiger partial charge in [0.05, 0.1) is 29.4 Å². The number of hydrogen-bond donors (Lipinski definition) is 1. The highest BCUT2D eigenvalue weighted by atomic mass is 32.1. The van der Waals surface area contributed by atoms with Crippen LogP contribution in [0, 0.1) is 21.4 Å². The molecule has 0 saturated carbocycles. The number of carbonyl (C=O) groups is 1. The number of nitriles is 1. The maximum atomic E-state index is 12.6. The minimum atomic E-state index is -0.648. The summed E-state index contributed by atoms with van der Waals surface area (Å²) in [5.74, 6) is 0.0923. The number of aromatic nitrogens is 1. The molecule has 2 aromatic carbocycles. The van der Waals surface area contributed by atoms with Crippen LogP contribution in [0.15, 0.2) is 76.0 Å². The maximum Gasteiger partial charge on any atom is 0.284 e. The van der Waals surface area contributed by atoms with Crippen LogP contribution in [-0.2, 0) is 4.79 Å². The predicted molar refractivity (Wildman–Crippen MR) is 127 cm³/mol. The Hall–Kier alpha value is -4.75. The summed E-state index contributed by atoms with van der Waals surface area (Å²) >= 11 is 1.24. The van der Waals surface area contributed by atoms with Gasteiger partial charge in [0.2, 0.25) is 0 Å². The van der Waals surface area contributed by atoms with Crippen LogP contribution in [0.4, 0.5) is 10.8 Å². The van der Waals surface area contributed by atoms with E-state index in [2.05, 4.69) is 10.3 Å². The van der Waals surface area contributed by atoms with Gasteiger partial charge in [-0.1, -0.05) is 30.3 Å². The average Bonchev–Trinajstić information content (AvgIpc) is 3.52. The molecule has 4 rings (SSSR count). The second-order valence-corrected chi connectivity index (χ2v) is 7.73. The number of hydrogen-bond acceptors (Lipinski definition) is 8. The number of methoxy groups -OCH3 is 1. The minimum absolute atomic E-state index is 0.191. The molecule has 4 aromatic rings. The Bertz CT molecular complexity index is 1430. The van der Waals surface area contributed by atoms with E-state index in [1.165, 1.54) is 48.8 Å². The molecule has 0 aliphatic carbocycles.